The van der Waals surface area contributed by atoms with Crippen molar-refractivity contribution >= 4 is 63.7 Å². The molecule has 3 atom stereocenters. The molecule has 6 rings (SSSR count). The van der Waals surface area contributed by atoms with Crippen molar-refractivity contribution in [3.05, 3.63) is 77.4 Å². The van der Waals surface area contributed by atoms with E-state index in [0.29, 0.717) is 48.8 Å². The number of rotatable bonds is 12. The Labute approximate surface area is 346 Å². The van der Waals surface area contributed by atoms with Gasteiger partial charge in [0.1, 0.15) is 23.9 Å². The van der Waals surface area contributed by atoms with E-state index in [9.17, 15) is 37.6 Å². The van der Waals surface area contributed by atoms with Crippen molar-refractivity contribution in [3.8, 4) is 11.8 Å². The van der Waals surface area contributed by atoms with E-state index in [4.69, 9.17) is 17.0 Å². The zero-order valence-electron chi connectivity index (χ0n) is 33.5. The second kappa shape index (κ2) is 17.3. The molecule has 0 radical (unpaired) electrons. The maximum Gasteiger partial charge on any atom is 0.417 e. The zero-order chi connectivity index (χ0) is 42.8. The van der Waals surface area contributed by atoms with Crippen LogP contribution in [0, 0.1) is 11.3 Å². The fourth-order valence-corrected chi connectivity index (χ4v) is 8.43. The number of ether oxygens (including phenoxy) is 1. The van der Waals surface area contributed by atoms with Crippen LogP contribution < -0.4 is 30.5 Å². The van der Waals surface area contributed by atoms with Crippen LogP contribution in [0.2, 0.25) is 0 Å². The minimum atomic E-state index is -4.80. The largest absolute Gasteiger partial charge is 0.492 e. The molecule has 59 heavy (non-hydrogen) atoms. The third kappa shape index (κ3) is 9.35. The molecule has 0 aliphatic carbocycles. The lowest BCUT2D eigenvalue weighted by atomic mass is 10.0. The number of thiocarbonyl (C=S) groups is 1. The number of nitrogens with one attached hydrogen (secondary N) is 3. The minimum Gasteiger partial charge on any atom is -0.492 e. The summed E-state index contributed by atoms with van der Waals surface area (Å²) in [4.78, 5) is 57.7. The zero-order valence-corrected chi connectivity index (χ0v) is 34.3. The summed E-state index contributed by atoms with van der Waals surface area (Å²) in [6.07, 6.45) is -3.54. The molecule has 0 bridgehead atoms. The molecule has 13 nitrogen and oxygen atoms in total. The molecule has 0 aromatic heterocycles. The number of anilines is 4. The van der Waals surface area contributed by atoms with Crippen molar-refractivity contribution in [3.63, 3.8) is 0 Å². The van der Waals surface area contributed by atoms with Crippen molar-refractivity contribution in [2.75, 3.05) is 53.2 Å². The molecule has 3 saturated heterocycles. The maximum atomic E-state index is 13.8. The van der Waals surface area contributed by atoms with E-state index in [1.54, 1.807) is 55.1 Å². The Morgan fingerprint density at radius 2 is 1.71 bits per heavy atom. The van der Waals surface area contributed by atoms with Gasteiger partial charge in [-0.3, -0.25) is 39.2 Å². The number of alkyl halides is 3. The van der Waals surface area contributed by atoms with Gasteiger partial charge >= 0.3 is 6.18 Å². The van der Waals surface area contributed by atoms with Crippen molar-refractivity contribution in [1.29, 1.82) is 5.26 Å². The molecule has 0 spiro atoms. The molecule has 0 saturated carbocycles. The summed E-state index contributed by atoms with van der Waals surface area (Å²) in [6.45, 7) is 12.1. The first-order valence-corrected chi connectivity index (χ1v) is 19.9. The lowest BCUT2D eigenvalue weighted by Gasteiger charge is -2.44. The Hall–Kier alpha value is -5.57. The molecule has 17 heteroatoms. The third-order valence-electron chi connectivity index (χ3n) is 10.9. The molecule has 3 fully saturated rings. The summed E-state index contributed by atoms with van der Waals surface area (Å²) >= 11 is 5.72. The number of piperazine rings is 1. The molecule has 3 aliphatic heterocycles. The van der Waals surface area contributed by atoms with Gasteiger partial charge in [0.05, 0.1) is 29.4 Å². The first-order valence-electron chi connectivity index (χ1n) is 19.4. The summed E-state index contributed by atoms with van der Waals surface area (Å²) in [7, 11) is 0. The van der Waals surface area contributed by atoms with E-state index in [0.717, 1.165) is 35.7 Å². The number of piperidine rings is 1. The number of carbonyl (C=O) groups is 4. The first kappa shape index (κ1) is 43.0. The predicted molar refractivity (Wildman–Crippen MR) is 221 cm³/mol. The van der Waals surface area contributed by atoms with Crippen LogP contribution in [0.15, 0.2) is 60.7 Å². The molecule has 0 unspecified atom stereocenters. The third-order valence-corrected chi connectivity index (χ3v) is 11.3. The Kier molecular flexibility index (Phi) is 12.6. The Bertz CT molecular complexity index is 2180. The number of carbonyl (C=O) groups excluding carboxylic acids is 4. The van der Waals surface area contributed by atoms with Crippen molar-refractivity contribution < 1.29 is 37.1 Å². The van der Waals surface area contributed by atoms with Crippen LogP contribution in [0.1, 0.15) is 64.2 Å². The molecule has 3 aromatic carbocycles. The van der Waals surface area contributed by atoms with Crippen LogP contribution in [0.25, 0.3) is 0 Å². The highest BCUT2D eigenvalue weighted by Crippen LogP contribution is 2.40. The number of amides is 4. The van der Waals surface area contributed by atoms with Crippen LogP contribution >= 0.6 is 12.2 Å². The Morgan fingerprint density at radius 1 is 1.02 bits per heavy atom. The topological polar surface area (TPSA) is 150 Å². The molecule has 3 heterocycles. The monoisotopic (exact) mass is 832 g/mol. The standard InChI is InChI=1S/C42H47F3N8O5S/c1-6-27-18-32(53-40(59)52(39(57)41(53,4)5)31-11-10-28(21-46)33(20-31)42(43,44)45)12-14-35(27)58-17-16-50-22-25(2)51(26(3)23-50)24-37(55)48-30-9-7-8-29(19-30)47-34-13-15-36(54)49-38(34)56/h7-12,14,18-20,25-26,34,47H,6,13,15-17,22-24H2,1-5H3,(H,48,55)(H,49,54,56)/t25-,26+,34-/m0/s1. The van der Waals surface area contributed by atoms with E-state index < -0.39 is 34.8 Å². The van der Waals surface area contributed by atoms with Crippen LogP contribution in [0.5, 0.6) is 5.75 Å². The lowest BCUT2D eigenvalue weighted by Crippen LogP contribution is -2.58. The number of imide groups is 1. The van der Waals surface area contributed by atoms with Gasteiger partial charge < -0.3 is 20.3 Å². The normalized spacial score (nSPS) is 21.3. The molecular formula is C42H47F3N8O5S. The van der Waals surface area contributed by atoms with Crippen molar-refractivity contribution in [1.82, 2.24) is 15.1 Å². The number of nitrogens with zero attached hydrogens (tertiary/aromatic N) is 5. The highest BCUT2D eigenvalue weighted by molar-refractivity contribution is 7.81. The first-order chi connectivity index (χ1) is 27.9. The summed E-state index contributed by atoms with van der Waals surface area (Å²) in [6, 6.07) is 16.9. The van der Waals surface area contributed by atoms with Gasteiger partial charge in [0.15, 0.2) is 5.11 Å². The minimum absolute atomic E-state index is 0.0157. The second-order valence-corrected chi connectivity index (χ2v) is 15.9. The average Bonchev–Trinajstić information content (AvgIpc) is 3.35. The van der Waals surface area contributed by atoms with Crippen LogP contribution in [-0.4, -0.2) is 95.0 Å². The molecule has 312 valence electrons. The number of hydrogen-bond donors (Lipinski definition) is 3. The maximum absolute atomic E-state index is 13.8. The van der Waals surface area contributed by atoms with Crippen LogP contribution in [0.4, 0.5) is 35.9 Å². The molecule has 3 N–H and O–H groups in total. The lowest BCUT2D eigenvalue weighted by molar-refractivity contribution is -0.138. The van der Waals surface area contributed by atoms with E-state index in [1.165, 1.54) is 6.07 Å². The van der Waals surface area contributed by atoms with Gasteiger partial charge in [-0.15, -0.1) is 0 Å². The van der Waals surface area contributed by atoms with E-state index in [-0.39, 0.29) is 53.6 Å². The van der Waals surface area contributed by atoms with Gasteiger partial charge in [0.2, 0.25) is 17.7 Å². The summed E-state index contributed by atoms with van der Waals surface area (Å²) in [5.74, 6) is -0.654. The van der Waals surface area contributed by atoms with Crippen LogP contribution in [-0.2, 0) is 31.8 Å². The smallest absolute Gasteiger partial charge is 0.417 e. The number of hydrogen-bond acceptors (Lipinski definition) is 10. The molecular weight excluding hydrogens is 786 g/mol. The highest BCUT2D eigenvalue weighted by atomic mass is 32.1. The molecule has 3 aliphatic rings. The van der Waals surface area contributed by atoms with E-state index >= 15 is 0 Å². The van der Waals surface area contributed by atoms with Crippen molar-refractivity contribution in [2.45, 2.75) is 83.7 Å². The Morgan fingerprint density at radius 3 is 2.37 bits per heavy atom. The predicted octanol–water partition coefficient (Wildman–Crippen LogP) is 5.69. The Balaban J connectivity index is 1.03. The van der Waals surface area contributed by atoms with Gasteiger partial charge in [-0.05, 0) is 113 Å². The summed E-state index contributed by atoms with van der Waals surface area (Å²) < 4.78 is 47.6. The number of aryl methyl sites for hydroxylation is 1. The summed E-state index contributed by atoms with van der Waals surface area (Å²) in [5, 5.41) is 17.7. The van der Waals surface area contributed by atoms with E-state index in [1.807, 2.05) is 19.1 Å². The van der Waals surface area contributed by atoms with Gasteiger partial charge in [-0.25, -0.2) is 0 Å². The van der Waals surface area contributed by atoms with Gasteiger partial charge in [-0.1, -0.05) is 13.0 Å². The van der Waals surface area contributed by atoms with E-state index in [2.05, 4.69) is 39.6 Å². The van der Waals surface area contributed by atoms with Crippen molar-refractivity contribution in [2.24, 2.45) is 0 Å². The number of nitriles is 1. The molecule has 3 aromatic rings. The molecule has 4 amide bonds. The van der Waals surface area contributed by atoms with Gasteiger partial charge in [-0.2, -0.15) is 18.4 Å². The fourth-order valence-electron chi connectivity index (χ4n) is 7.91. The number of halogens is 3. The van der Waals surface area contributed by atoms with Gasteiger partial charge in [0.25, 0.3) is 5.91 Å². The number of benzene rings is 3. The SMILES string of the molecule is CCc1cc(N2C(=S)N(c3ccc(C#N)c(C(F)(F)F)c3)C(=O)C2(C)C)ccc1OCCN1C[C@@H](C)N(CC(=O)Nc2cccc(N[C@H]3CCC(=O)NC3=O)c2)[C@@H](C)C1. The summed E-state index contributed by atoms with van der Waals surface area (Å²) in [5.41, 5.74) is -0.290. The van der Waals surface area contributed by atoms with Crippen LogP contribution in [0.3, 0.4) is 0 Å². The quantitative estimate of drug-likeness (QED) is 0.153. The highest BCUT2D eigenvalue weighted by Gasteiger charge is 2.51. The average molecular weight is 833 g/mol. The fraction of sp³-hybridized carbons (Fsp3) is 0.429. The van der Waals surface area contributed by atoms with Gasteiger partial charge in [0, 0.05) is 55.2 Å². The second-order valence-electron chi connectivity index (χ2n) is 15.6.